The van der Waals surface area contributed by atoms with Gasteiger partial charge in [0.05, 0.1) is 17.4 Å². The maximum absolute atomic E-state index is 14.5. The van der Waals surface area contributed by atoms with Gasteiger partial charge >= 0.3 is 6.18 Å². The van der Waals surface area contributed by atoms with Crippen molar-refractivity contribution in [1.82, 2.24) is 19.6 Å². The Labute approximate surface area is 301 Å². The average Bonchev–Trinajstić information content (AvgIpc) is 3.74. The third-order valence-electron chi connectivity index (χ3n) is 10.0. The van der Waals surface area contributed by atoms with Gasteiger partial charge in [-0.1, -0.05) is 62.4 Å². The molecular formula is C41H42F3N7O. The number of fused-ring (bicyclic) bond motifs is 2. The molecule has 8 nitrogen and oxygen atoms in total. The van der Waals surface area contributed by atoms with Crippen molar-refractivity contribution in [3.05, 3.63) is 119 Å². The van der Waals surface area contributed by atoms with Gasteiger partial charge in [-0.05, 0) is 83.9 Å². The van der Waals surface area contributed by atoms with Crippen molar-refractivity contribution in [3.63, 3.8) is 0 Å². The number of amides is 1. The zero-order valence-electron chi connectivity index (χ0n) is 30.2. The van der Waals surface area contributed by atoms with Crippen LogP contribution < -0.4 is 9.80 Å². The fraction of sp³-hybridized carbons (Fsp3) is 0.317. The summed E-state index contributed by atoms with van der Waals surface area (Å²) in [5.41, 5.74) is 6.40. The molecule has 1 aliphatic carbocycles. The second-order valence-electron chi connectivity index (χ2n) is 14.3. The minimum absolute atomic E-state index is 0.0704. The van der Waals surface area contributed by atoms with E-state index in [9.17, 15) is 18.0 Å². The van der Waals surface area contributed by atoms with E-state index in [1.54, 1.807) is 12.1 Å². The van der Waals surface area contributed by atoms with E-state index >= 15 is 0 Å². The van der Waals surface area contributed by atoms with E-state index in [1.165, 1.54) is 11.1 Å². The van der Waals surface area contributed by atoms with E-state index in [-0.39, 0.29) is 28.9 Å². The zero-order chi connectivity index (χ0) is 36.9. The van der Waals surface area contributed by atoms with Gasteiger partial charge in [-0.25, -0.2) is 14.5 Å². The summed E-state index contributed by atoms with van der Waals surface area (Å²) >= 11 is 0. The van der Waals surface area contributed by atoms with E-state index < -0.39 is 23.8 Å². The third-order valence-corrected chi connectivity index (χ3v) is 10.0. The summed E-state index contributed by atoms with van der Waals surface area (Å²) in [4.78, 5) is 23.1. The predicted octanol–water partition coefficient (Wildman–Crippen LogP) is 9.11. The number of alkyl halides is 3. The molecule has 52 heavy (non-hydrogen) atoms. The Bertz CT molecular complexity index is 2160. The molecule has 268 valence electrons. The highest BCUT2D eigenvalue weighted by Gasteiger charge is 2.45. The standard InChI is InChI=1S/C41H42F3N7O/c1-25(2)27-12-14-28(15-13-27)34-23-36(41(42,43)44)50-37(45-34)24-35(46-50)40(52)51-39(29-16-20-32(21-17-29)49(5)6)33-9-7-8-30(38(33)47-51)22-26-10-18-31(19-11-26)48(3)4/h10-25,33,39H,7-9H2,1-6H3. The SMILES string of the molecule is CC(C)c1ccc(-c2cc(C(F)(F)F)n3nc(C(=O)N4N=C5C(=Cc6ccc(N(C)C)cc6)CCCC5C4c4ccc(N(C)C)cc4)cc3n2)cc1. The van der Waals surface area contributed by atoms with Crippen LogP contribution in [0.2, 0.25) is 0 Å². The van der Waals surface area contributed by atoms with E-state index in [0.29, 0.717) is 5.56 Å². The molecule has 0 saturated heterocycles. The summed E-state index contributed by atoms with van der Waals surface area (Å²) in [5, 5.41) is 10.6. The molecule has 1 saturated carbocycles. The van der Waals surface area contributed by atoms with Gasteiger partial charge < -0.3 is 9.80 Å². The van der Waals surface area contributed by atoms with Crippen LogP contribution in [-0.2, 0) is 6.18 Å². The van der Waals surface area contributed by atoms with Gasteiger partial charge in [0.25, 0.3) is 5.91 Å². The predicted molar refractivity (Wildman–Crippen MR) is 201 cm³/mol. The van der Waals surface area contributed by atoms with Crippen LogP contribution in [0.4, 0.5) is 24.5 Å². The number of hydrazone groups is 1. The largest absolute Gasteiger partial charge is 0.433 e. The van der Waals surface area contributed by atoms with Crippen molar-refractivity contribution in [2.75, 3.05) is 38.0 Å². The van der Waals surface area contributed by atoms with Crippen molar-refractivity contribution in [3.8, 4) is 11.3 Å². The van der Waals surface area contributed by atoms with Crippen molar-refractivity contribution >= 4 is 34.7 Å². The summed E-state index contributed by atoms with van der Waals surface area (Å²) in [7, 11) is 7.92. The first kappa shape index (κ1) is 35.0. The lowest BCUT2D eigenvalue weighted by Gasteiger charge is -2.29. The van der Waals surface area contributed by atoms with Crippen molar-refractivity contribution in [1.29, 1.82) is 0 Å². The number of benzene rings is 3. The Hall–Kier alpha value is -5.45. The summed E-state index contributed by atoms with van der Waals surface area (Å²) in [6.45, 7) is 4.10. The zero-order valence-corrected chi connectivity index (χ0v) is 30.2. The summed E-state index contributed by atoms with van der Waals surface area (Å²) in [6.07, 6.45) is -0.0983. The highest BCUT2D eigenvalue weighted by atomic mass is 19.4. The quantitative estimate of drug-likeness (QED) is 0.169. The molecule has 1 aliphatic heterocycles. The number of carbonyl (C=O) groups excluding carboxylic acids is 1. The van der Waals surface area contributed by atoms with Crippen molar-refractivity contribution in [2.24, 2.45) is 11.0 Å². The number of hydrogen-bond donors (Lipinski definition) is 0. The first-order valence-corrected chi connectivity index (χ1v) is 17.5. The maximum atomic E-state index is 14.5. The fourth-order valence-corrected chi connectivity index (χ4v) is 7.13. The summed E-state index contributed by atoms with van der Waals surface area (Å²) < 4.78 is 44.3. The molecular weight excluding hydrogens is 663 g/mol. The number of anilines is 2. The van der Waals surface area contributed by atoms with Crippen LogP contribution in [0.5, 0.6) is 0 Å². The molecule has 3 heterocycles. The van der Waals surface area contributed by atoms with E-state index in [2.05, 4.69) is 54.3 Å². The van der Waals surface area contributed by atoms with Gasteiger partial charge in [-0.15, -0.1) is 0 Å². The molecule has 1 amide bonds. The monoisotopic (exact) mass is 705 g/mol. The smallest absolute Gasteiger partial charge is 0.378 e. The van der Waals surface area contributed by atoms with Crippen LogP contribution >= 0.6 is 0 Å². The Kier molecular flexibility index (Phi) is 9.14. The van der Waals surface area contributed by atoms with Gasteiger partial charge in [-0.3, -0.25) is 4.79 Å². The van der Waals surface area contributed by atoms with Crippen LogP contribution in [0.3, 0.4) is 0 Å². The number of aromatic nitrogens is 3. The molecule has 0 N–H and O–H groups in total. The van der Waals surface area contributed by atoms with E-state index in [1.807, 2.05) is 74.4 Å². The highest BCUT2D eigenvalue weighted by molar-refractivity contribution is 6.09. The van der Waals surface area contributed by atoms with Crippen LogP contribution in [0.1, 0.15) is 77.9 Å². The highest BCUT2D eigenvalue weighted by Crippen LogP contribution is 2.45. The molecule has 2 aromatic heterocycles. The normalized spacial score (nSPS) is 18.2. The molecule has 2 atom stereocenters. The van der Waals surface area contributed by atoms with E-state index in [4.69, 9.17) is 5.10 Å². The minimum atomic E-state index is -4.75. The van der Waals surface area contributed by atoms with Gasteiger partial charge in [0.1, 0.15) is 0 Å². The summed E-state index contributed by atoms with van der Waals surface area (Å²) in [5.74, 6) is -0.413. The van der Waals surface area contributed by atoms with Gasteiger partial charge in [-0.2, -0.15) is 23.4 Å². The Morgan fingerprint density at radius 3 is 2.12 bits per heavy atom. The molecule has 0 bridgehead atoms. The number of hydrogen-bond acceptors (Lipinski definition) is 6. The van der Waals surface area contributed by atoms with Crippen molar-refractivity contribution in [2.45, 2.75) is 51.2 Å². The second-order valence-corrected chi connectivity index (χ2v) is 14.3. The molecule has 7 rings (SSSR count). The van der Waals surface area contributed by atoms with Crippen LogP contribution in [0, 0.1) is 5.92 Å². The molecule has 2 aliphatic rings. The molecule has 11 heteroatoms. The lowest BCUT2D eigenvalue weighted by Crippen LogP contribution is -2.32. The average molecular weight is 706 g/mol. The number of halogens is 3. The lowest BCUT2D eigenvalue weighted by atomic mass is 9.77. The topological polar surface area (TPSA) is 69.3 Å². The van der Waals surface area contributed by atoms with Gasteiger partial charge in [0.15, 0.2) is 17.0 Å². The molecule has 2 unspecified atom stereocenters. The van der Waals surface area contributed by atoms with Crippen LogP contribution in [0.15, 0.2) is 95.6 Å². The van der Waals surface area contributed by atoms with Crippen molar-refractivity contribution < 1.29 is 18.0 Å². The number of rotatable bonds is 7. The molecule has 0 spiro atoms. The first-order chi connectivity index (χ1) is 24.8. The molecule has 5 aromatic rings. The lowest BCUT2D eigenvalue weighted by molar-refractivity contribution is -0.142. The van der Waals surface area contributed by atoms with Crippen LogP contribution in [0.25, 0.3) is 23.0 Å². The minimum Gasteiger partial charge on any atom is -0.378 e. The molecule has 1 fully saturated rings. The van der Waals surface area contributed by atoms with Crippen LogP contribution in [-0.4, -0.2) is 59.4 Å². The Morgan fingerprint density at radius 1 is 0.885 bits per heavy atom. The number of carbonyl (C=O) groups is 1. The van der Waals surface area contributed by atoms with E-state index in [0.717, 1.165) is 69.2 Å². The van der Waals surface area contributed by atoms with Gasteiger partial charge in [0.2, 0.25) is 0 Å². The van der Waals surface area contributed by atoms with Gasteiger partial charge in [0, 0.05) is 57.1 Å². The Morgan fingerprint density at radius 2 is 1.52 bits per heavy atom. The maximum Gasteiger partial charge on any atom is 0.433 e. The first-order valence-electron chi connectivity index (χ1n) is 17.5. The number of allylic oxidation sites excluding steroid dienone is 1. The number of nitrogens with zero attached hydrogens (tertiary/aromatic N) is 7. The Balaban J connectivity index is 1.31. The fourth-order valence-electron chi connectivity index (χ4n) is 7.13. The molecule has 3 aromatic carbocycles. The second kappa shape index (κ2) is 13.6. The third kappa shape index (κ3) is 6.67. The summed E-state index contributed by atoms with van der Waals surface area (Å²) in [6, 6.07) is 25.4. The molecule has 0 radical (unpaired) electrons.